The van der Waals surface area contributed by atoms with Crippen LogP contribution < -0.4 is 11.5 Å². The molecule has 0 bridgehead atoms. The van der Waals surface area contributed by atoms with Crippen LogP contribution in [0.2, 0.25) is 0 Å². The van der Waals surface area contributed by atoms with Crippen molar-refractivity contribution in [2.45, 2.75) is 31.5 Å². The van der Waals surface area contributed by atoms with Gasteiger partial charge < -0.3 is 16.2 Å². The maximum atomic E-state index is 11.9. The van der Waals surface area contributed by atoms with Gasteiger partial charge in [0.1, 0.15) is 5.01 Å². The number of nitrogens with zero attached hydrogens (tertiary/aromatic N) is 3. The second kappa shape index (κ2) is 8.81. The number of primary amides is 1. The quantitative estimate of drug-likeness (QED) is 0.495. The first-order valence-electron chi connectivity index (χ1n) is 10.5. The van der Waals surface area contributed by atoms with Crippen LogP contribution in [0.1, 0.15) is 30.8 Å². The Morgan fingerprint density at radius 1 is 1.24 bits per heavy atom. The molecule has 1 amide bonds. The van der Waals surface area contributed by atoms with Crippen LogP contribution in [0.5, 0.6) is 0 Å². The van der Waals surface area contributed by atoms with E-state index >= 15 is 0 Å². The molecule has 0 radical (unpaired) electrons. The molecule has 5 rings (SSSR count). The number of nitrogens with two attached hydrogens (primary N) is 2. The average molecular weight is 504 g/mol. The Morgan fingerprint density at radius 2 is 2.00 bits per heavy atom. The molecule has 3 aromatic rings. The van der Waals surface area contributed by atoms with E-state index in [1.165, 1.54) is 11.3 Å². The standard InChI is InChI=1S/C23H25N5O2S2.ClH/c1-22(20(24)29)8-10-23(30-2,11-9-22)28-12-4-7-17(28)19-26-15-6-3-5-14(18(15)32-19)16-13-31-21(25)27-16;/h3,5-6,8-11,13,17H,4,7,12H2,1-2H3,(H2,24,29)(H2,25,27);1H. The number of thiazole rings is 2. The number of anilines is 1. The molecular formula is C23H26ClN5O2S2. The second-order valence-electron chi connectivity index (χ2n) is 8.40. The molecule has 3 heterocycles. The van der Waals surface area contributed by atoms with Crippen LogP contribution in [-0.2, 0) is 9.53 Å². The molecule has 1 aromatic carbocycles. The van der Waals surface area contributed by atoms with Gasteiger partial charge in [0.2, 0.25) is 5.91 Å². The van der Waals surface area contributed by atoms with E-state index in [9.17, 15) is 4.79 Å². The van der Waals surface area contributed by atoms with Gasteiger partial charge in [0, 0.05) is 24.6 Å². The summed E-state index contributed by atoms with van der Waals surface area (Å²) in [4.78, 5) is 23.7. The molecule has 2 aliphatic rings. The van der Waals surface area contributed by atoms with Crippen LogP contribution in [0.25, 0.3) is 21.5 Å². The lowest BCUT2D eigenvalue weighted by Gasteiger charge is -2.42. The molecule has 0 spiro atoms. The molecule has 1 aliphatic heterocycles. The number of ether oxygens (including phenoxy) is 1. The van der Waals surface area contributed by atoms with Gasteiger partial charge in [0.05, 0.1) is 27.4 Å². The molecular weight excluding hydrogens is 478 g/mol. The summed E-state index contributed by atoms with van der Waals surface area (Å²) < 4.78 is 7.13. The molecule has 174 valence electrons. The minimum absolute atomic E-state index is 0. The third-order valence-electron chi connectivity index (χ3n) is 6.41. The Balaban J connectivity index is 0.00000259. The summed E-state index contributed by atoms with van der Waals surface area (Å²) in [6.07, 6.45) is 9.61. The highest BCUT2D eigenvalue weighted by molar-refractivity contribution is 7.19. The van der Waals surface area contributed by atoms with Gasteiger partial charge in [-0.1, -0.05) is 24.3 Å². The Labute approximate surface area is 206 Å². The number of nitrogen functional groups attached to an aromatic ring is 1. The molecule has 33 heavy (non-hydrogen) atoms. The first-order valence-corrected chi connectivity index (χ1v) is 12.2. The molecule has 2 aromatic heterocycles. The summed E-state index contributed by atoms with van der Waals surface area (Å²) in [6.45, 7) is 2.68. The fourth-order valence-electron chi connectivity index (χ4n) is 4.47. The van der Waals surface area contributed by atoms with Gasteiger partial charge in [-0.2, -0.15) is 0 Å². The van der Waals surface area contributed by atoms with Crippen molar-refractivity contribution in [1.82, 2.24) is 14.9 Å². The van der Waals surface area contributed by atoms with Crippen molar-refractivity contribution in [1.29, 1.82) is 0 Å². The minimum Gasteiger partial charge on any atom is -0.375 e. The number of hydrogen-bond donors (Lipinski definition) is 2. The first kappa shape index (κ1) is 23.8. The van der Waals surface area contributed by atoms with Crippen molar-refractivity contribution < 1.29 is 9.53 Å². The number of carbonyl (C=O) groups is 1. The molecule has 1 unspecified atom stereocenters. The van der Waals surface area contributed by atoms with Gasteiger partial charge in [-0.3, -0.25) is 9.69 Å². The zero-order valence-electron chi connectivity index (χ0n) is 18.4. The summed E-state index contributed by atoms with van der Waals surface area (Å²) in [5.41, 5.74) is 12.8. The Hall–Kier alpha value is -2.30. The van der Waals surface area contributed by atoms with Crippen molar-refractivity contribution in [3.05, 3.63) is 52.9 Å². The van der Waals surface area contributed by atoms with Crippen LogP contribution in [0, 0.1) is 5.41 Å². The lowest BCUT2D eigenvalue weighted by atomic mass is 9.83. The topological polar surface area (TPSA) is 107 Å². The van der Waals surface area contributed by atoms with Gasteiger partial charge in [-0.15, -0.1) is 35.1 Å². The number of fused-ring (bicyclic) bond motifs is 1. The first-order chi connectivity index (χ1) is 15.3. The molecule has 4 N–H and O–H groups in total. The van der Waals surface area contributed by atoms with Crippen molar-refractivity contribution in [2.75, 3.05) is 19.4 Å². The summed E-state index contributed by atoms with van der Waals surface area (Å²) in [6, 6.07) is 6.22. The highest BCUT2D eigenvalue weighted by atomic mass is 35.5. The lowest BCUT2D eigenvalue weighted by Crippen LogP contribution is -2.49. The number of methoxy groups -OCH3 is 1. The predicted octanol–water partition coefficient (Wildman–Crippen LogP) is 4.52. The van der Waals surface area contributed by atoms with Crippen molar-refractivity contribution >= 4 is 56.3 Å². The minimum atomic E-state index is -0.808. The maximum Gasteiger partial charge on any atom is 0.231 e. The van der Waals surface area contributed by atoms with Crippen molar-refractivity contribution in [3.8, 4) is 11.3 Å². The molecule has 1 saturated heterocycles. The van der Waals surface area contributed by atoms with E-state index in [-0.39, 0.29) is 24.4 Å². The monoisotopic (exact) mass is 503 g/mol. The highest BCUT2D eigenvalue weighted by Gasteiger charge is 2.44. The summed E-state index contributed by atoms with van der Waals surface area (Å²) in [5.74, 6) is -0.381. The van der Waals surface area contributed by atoms with E-state index in [0.717, 1.165) is 45.9 Å². The summed E-state index contributed by atoms with van der Waals surface area (Å²) in [5, 5.41) is 3.60. The van der Waals surface area contributed by atoms with E-state index in [0.29, 0.717) is 5.13 Å². The Kier molecular flexibility index (Phi) is 6.36. The average Bonchev–Trinajstić information content (AvgIpc) is 3.53. The van der Waals surface area contributed by atoms with Crippen molar-refractivity contribution in [2.24, 2.45) is 11.1 Å². The number of benzene rings is 1. The smallest absolute Gasteiger partial charge is 0.231 e. The highest BCUT2D eigenvalue weighted by Crippen LogP contribution is 2.45. The molecule has 1 atom stereocenters. The van der Waals surface area contributed by atoms with E-state index in [2.05, 4.69) is 16.0 Å². The van der Waals surface area contributed by atoms with Crippen LogP contribution >= 0.6 is 35.1 Å². The third-order valence-corrected chi connectivity index (χ3v) is 8.29. The SMILES string of the molecule is COC1(N2CCCC2c2nc3cccc(-c4csc(N)n4)c3s2)C=CC(C)(C(N)=O)C=C1.Cl. The van der Waals surface area contributed by atoms with E-state index in [4.69, 9.17) is 21.2 Å². The number of amides is 1. The number of carbonyl (C=O) groups excluding carboxylic acids is 1. The van der Waals surface area contributed by atoms with Gasteiger partial charge in [-0.05, 0) is 38.0 Å². The Morgan fingerprint density at radius 3 is 2.64 bits per heavy atom. The molecule has 1 aliphatic carbocycles. The van der Waals surface area contributed by atoms with Crippen LogP contribution in [0.3, 0.4) is 0 Å². The molecule has 7 nitrogen and oxygen atoms in total. The van der Waals surface area contributed by atoms with Crippen LogP contribution in [0.15, 0.2) is 47.9 Å². The number of rotatable bonds is 5. The maximum absolute atomic E-state index is 11.9. The van der Waals surface area contributed by atoms with E-state index in [1.54, 1.807) is 18.4 Å². The lowest BCUT2D eigenvalue weighted by molar-refractivity contribution is -0.123. The fraction of sp³-hybridized carbons (Fsp3) is 0.348. The second-order valence-corrected chi connectivity index (χ2v) is 10.3. The number of hydrogen-bond acceptors (Lipinski definition) is 8. The van der Waals surface area contributed by atoms with Gasteiger partial charge in [-0.25, -0.2) is 9.97 Å². The van der Waals surface area contributed by atoms with Gasteiger partial charge in [0.15, 0.2) is 10.9 Å². The van der Waals surface area contributed by atoms with Crippen molar-refractivity contribution in [3.63, 3.8) is 0 Å². The predicted molar refractivity (Wildman–Crippen MR) is 136 cm³/mol. The molecule has 0 saturated carbocycles. The zero-order valence-corrected chi connectivity index (χ0v) is 20.8. The van der Waals surface area contributed by atoms with Gasteiger partial charge >= 0.3 is 0 Å². The molecule has 10 heteroatoms. The number of aromatic nitrogens is 2. The van der Waals surface area contributed by atoms with Crippen LogP contribution in [0.4, 0.5) is 5.13 Å². The fourth-order valence-corrected chi connectivity index (χ4v) is 6.27. The van der Waals surface area contributed by atoms with Gasteiger partial charge in [0.25, 0.3) is 0 Å². The zero-order chi connectivity index (χ0) is 22.5. The van der Waals surface area contributed by atoms with Crippen LogP contribution in [-0.4, -0.2) is 40.2 Å². The largest absolute Gasteiger partial charge is 0.375 e. The number of likely N-dealkylation sites (tertiary alicyclic amines) is 1. The number of halogens is 1. The summed E-state index contributed by atoms with van der Waals surface area (Å²) >= 11 is 3.14. The van der Waals surface area contributed by atoms with E-state index < -0.39 is 11.1 Å². The summed E-state index contributed by atoms with van der Waals surface area (Å²) in [7, 11) is 1.69. The Bertz CT molecular complexity index is 1240. The molecule has 1 fully saturated rings. The normalized spacial score (nSPS) is 27.2. The third kappa shape index (κ3) is 3.98. The van der Waals surface area contributed by atoms with E-state index in [1.807, 2.05) is 48.7 Å².